The Morgan fingerprint density at radius 2 is 1.05 bits per heavy atom. The number of nitrogens with zero attached hydrogens (tertiary/aromatic N) is 1. The zero-order valence-electron chi connectivity index (χ0n) is 22.9. The summed E-state index contributed by atoms with van der Waals surface area (Å²) in [6.45, 7) is 0. The topological polar surface area (TPSA) is 12.5 Å². The molecule has 0 unspecified atom stereocenters. The lowest BCUT2D eigenvalue weighted by molar-refractivity contribution is 0.415. The summed E-state index contributed by atoms with van der Waals surface area (Å²) in [7, 11) is 1.71. The lowest BCUT2D eigenvalue weighted by atomic mass is 9.91. The highest BCUT2D eigenvalue weighted by Crippen LogP contribution is 2.48. The lowest BCUT2D eigenvalue weighted by Gasteiger charge is -2.31. The van der Waals surface area contributed by atoms with Crippen LogP contribution in [-0.4, -0.2) is 7.11 Å². The van der Waals surface area contributed by atoms with Crippen LogP contribution in [0.1, 0.15) is 0 Å². The minimum Gasteiger partial charge on any atom is -0.497 e. The number of methoxy groups -OCH3 is 1. The van der Waals surface area contributed by atoms with Crippen LogP contribution in [0.5, 0.6) is 5.75 Å². The van der Waals surface area contributed by atoms with E-state index in [-0.39, 0.29) is 0 Å². The van der Waals surface area contributed by atoms with Gasteiger partial charge in [-0.25, -0.2) is 0 Å². The monoisotopic (exact) mass is 527 g/mol. The molecule has 0 aliphatic carbocycles. The molecule has 0 aliphatic rings. The molecule has 0 saturated heterocycles. The molecule has 0 amide bonds. The fourth-order valence-corrected chi connectivity index (χ4v) is 5.84. The summed E-state index contributed by atoms with van der Waals surface area (Å²) in [6, 6.07) is 56.1. The van der Waals surface area contributed by atoms with Crippen LogP contribution in [-0.2, 0) is 0 Å². The molecule has 0 atom stereocenters. The van der Waals surface area contributed by atoms with Crippen LogP contribution in [0.15, 0.2) is 158 Å². The van der Waals surface area contributed by atoms with E-state index in [1.165, 1.54) is 43.8 Å². The van der Waals surface area contributed by atoms with Crippen molar-refractivity contribution in [2.75, 3.05) is 12.0 Å². The molecule has 0 bridgehead atoms. The van der Waals surface area contributed by atoms with Crippen LogP contribution in [0, 0.1) is 0 Å². The Morgan fingerprint density at radius 3 is 1.83 bits per heavy atom. The standard InChI is InChI=1S/C39H29NO/c1-41-32-25-23-31(24-26-32)40(37-21-10-9-18-34(37)29-12-3-2-4-13-29)38-27-22-30-15-6-8-19-35(30)39(38)36-20-11-16-28-14-5-7-17-33(28)36/h2-27H,1H3. The third-order valence-corrected chi connectivity index (χ3v) is 7.77. The summed E-state index contributed by atoms with van der Waals surface area (Å²) in [5, 5.41) is 4.89. The highest BCUT2D eigenvalue weighted by atomic mass is 16.5. The Kier molecular flexibility index (Phi) is 6.42. The number of fused-ring (bicyclic) bond motifs is 2. The molecule has 0 heterocycles. The van der Waals surface area contributed by atoms with Crippen molar-refractivity contribution >= 4 is 38.6 Å². The molecule has 0 saturated carbocycles. The number of hydrogen-bond acceptors (Lipinski definition) is 2. The fourth-order valence-electron chi connectivity index (χ4n) is 5.84. The van der Waals surface area contributed by atoms with Crippen LogP contribution in [0.2, 0.25) is 0 Å². The van der Waals surface area contributed by atoms with E-state index < -0.39 is 0 Å². The predicted molar refractivity (Wildman–Crippen MR) is 174 cm³/mol. The minimum absolute atomic E-state index is 0.831. The highest BCUT2D eigenvalue weighted by molar-refractivity contribution is 6.11. The first-order valence-electron chi connectivity index (χ1n) is 13.9. The van der Waals surface area contributed by atoms with E-state index in [9.17, 15) is 0 Å². The van der Waals surface area contributed by atoms with Gasteiger partial charge in [0.15, 0.2) is 0 Å². The molecule has 0 fully saturated rings. The zero-order chi connectivity index (χ0) is 27.6. The number of benzene rings is 7. The van der Waals surface area contributed by atoms with E-state index in [0.717, 1.165) is 22.8 Å². The molecular weight excluding hydrogens is 498 g/mol. The van der Waals surface area contributed by atoms with E-state index in [4.69, 9.17) is 4.74 Å². The second-order valence-electron chi connectivity index (χ2n) is 10.1. The van der Waals surface area contributed by atoms with E-state index in [0.29, 0.717) is 0 Å². The van der Waals surface area contributed by atoms with E-state index in [1.54, 1.807) is 7.11 Å². The van der Waals surface area contributed by atoms with Gasteiger partial charge in [0.25, 0.3) is 0 Å². The normalized spacial score (nSPS) is 11.0. The van der Waals surface area contributed by atoms with Gasteiger partial charge in [-0.15, -0.1) is 0 Å². The Labute approximate surface area is 240 Å². The van der Waals surface area contributed by atoms with Gasteiger partial charge in [0.2, 0.25) is 0 Å². The molecule has 0 aliphatic heterocycles. The molecule has 7 aromatic carbocycles. The van der Waals surface area contributed by atoms with Crippen molar-refractivity contribution in [1.29, 1.82) is 0 Å². The Hall–Kier alpha value is -5.34. The van der Waals surface area contributed by atoms with Gasteiger partial charge < -0.3 is 9.64 Å². The Balaban J connectivity index is 1.58. The highest BCUT2D eigenvalue weighted by Gasteiger charge is 2.22. The summed E-state index contributed by atoms with van der Waals surface area (Å²) in [6.07, 6.45) is 0. The summed E-state index contributed by atoms with van der Waals surface area (Å²) in [4.78, 5) is 2.39. The minimum atomic E-state index is 0.831. The third-order valence-electron chi connectivity index (χ3n) is 7.77. The van der Waals surface area contributed by atoms with Gasteiger partial charge in [-0.05, 0) is 69.1 Å². The fraction of sp³-hybridized carbons (Fsp3) is 0.0256. The molecule has 0 radical (unpaired) electrons. The number of rotatable bonds is 6. The SMILES string of the molecule is COc1ccc(N(c2ccccc2-c2ccccc2)c2ccc3ccccc3c2-c2cccc3ccccc23)cc1. The van der Waals surface area contributed by atoms with E-state index >= 15 is 0 Å². The Morgan fingerprint density at radius 1 is 0.439 bits per heavy atom. The summed E-state index contributed by atoms with van der Waals surface area (Å²) < 4.78 is 5.53. The summed E-state index contributed by atoms with van der Waals surface area (Å²) in [5.41, 5.74) is 8.06. The van der Waals surface area contributed by atoms with Crippen molar-refractivity contribution in [2.24, 2.45) is 0 Å². The van der Waals surface area contributed by atoms with Crippen molar-refractivity contribution in [1.82, 2.24) is 0 Å². The number of para-hydroxylation sites is 1. The molecule has 7 rings (SSSR count). The van der Waals surface area contributed by atoms with Gasteiger partial charge >= 0.3 is 0 Å². The lowest BCUT2D eigenvalue weighted by Crippen LogP contribution is -2.12. The van der Waals surface area contributed by atoms with Gasteiger partial charge in [-0.3, -0.25) is 0 Å². The molecule has 2 heteroatoms. The van der Waals surface area contributed by atoms with Gasteiger partial charge in [0.1, 0.15) is 5.75 Å². The maximum Gasteiger partial charge on any atom is 0.119 e. The molecule has 0 spiro atoms. The quantitative estimate of drug-likeness (QED) is 0.213. The molecule has 0 aromatic heterocycles. The van der Waals surface area contributed by atoms with Crippen molar-refractivity contribution in [3.05, 3.63) is 158 Å². The van der Waals surface area contributed by atoms with Gasteiger partial charge in [-0.2, -0.15) is 0 Å². The molecular formula is C39H29NO. The number of ether oxygens (including phenoxy) is 1. The number of anilines is 3. The molecule has 0 N–H and O–H groups in total. The predicted octanol–water partition coefficient (Wildman–Crippen LogP) is 10.8. The van der Waals surface area contributed by atoms with Gasteiger partial charge in [-0.1, -0.05) is 121 Å². The molecule has 2 nitrogen and oxygen atoms in total. The summed E-state index contributed by atoms with van der Waals surface area (Å²) in [5.74, 6) is 0.831. The zero-order valence-corrected chi connectivity index (χ0v) is 22.9. The largest absolute Gasteiger partial charge is 0.497 e. The third kappa shape index (κ3) is 4.50. The average Bonchev–Trinajstić information content (AvgIpc) is 3.05. The van der Waals surface area contributed by atoms with Crippen LogP contribution in [0.3, 0.4) is 0 Å². The smallest absolute Gasteiger partial charge is 0.119 e. The maximum absolute atomic E-state index is 5.53. The van der Waals surface area contributed by atoms with Crippen molar-refractivity contribution in [3.63, 3.8) is 0 Å². The summed E-state index contributed by atoms with van der Waals surface area (Å²) >= 11 is 0. The van der Waals surface area contributed by atoms with Crippen LogP contribution >= 0.6 is 0 Å². The van der Waals surface area contributed by atoms with Crippen molar-refractivity contribution in [2.45, 2.75) is 0 Å². The second kappa shape index (κ2) is 10.7. The van der Waals surface area contributed by atoms with Crippen LogP contribution in [0.4, 0.5) is 17.1 Å². The van der Waals surface area contributed by atoms with Crippen LogP contribution in [0.25, 0.3) is 43.8 Å². The second-order valence-corrected chi connectivity index (χ2v) is 10.1. The van der Waals surface area contributed by atoms with Gasteiger partial charge in [0.05, 0.1) is 18.5 Å². The van der Waals surface area contributed by atoms with Crippen LogP contribution < -0.4 is 9.64 Å². The molecule has 7 aromatic rings. The first-order chi connectivity index (χ1) is 20.3. The van der Waals surface area contributed by atoms with Crippen molar-refractivity contribution in [3.8, 4) is 28.0 Å². The molecule has 196 valence electrons. The maximum atomic E-state index is 5.53. The number of hydrogen-bond donors (Lipinski definition) is 0. The first kappa shape index (κ1) is 24.7. The Bertz CT molecular complexity index is 1970. The van der Waals surface area contributed by atoms with E-state index in [1.807, 2.05) is 12.1 Å². The van der Waals surface area contributed by atoms with Crippen molar-refractivity contribution < 1.29 is 4.74 Å². The molecule has 41 heavy (non-hydrogen) atoms. The first-order valence-corrected chi connectivity index (χ1v) is 13.9. The van der Waals surface area contributed by atoms with Gasteiger partial charge in [0, 0.05) is 16.8 Å². The average molecular weight is 528 g/mol. The van der Waals surface area contributed by atoms with E-state index in [2.05, 4.69) is 150 Å².